The van der Waals surface area contributed by atoms with Gasteiger partial charge in [0.2, 0.25) is 0 Å². The molecule has 0 unspecified atom stereocenters. The standard InChI is InChI=1S/C13H12ClN3O2S/c1-2-19-13(18)8-6-16-17(7-8)10-5-3-4-9(14)11(10)12(15)20/h3-7H,2H2,1H3,(H2,15,20). The number of carbonyl (C=O) groups is 1. The predicted molar refractivity (Wildman–Crippen MR) is 80.4 cm³/mol. The lowest BCUT2D eigenvalue weighted by molar-refractivity contribution is 0.0526. The number of ether oxygens (including phenoxy) is 1. The first-order valence-corrected chi connectivity index (χ1v) is 6.63. The van der Waals surface area contributed by atoms with Crippen molar-refractivity contribution in [3.8, 4) is 5.69 Å². The highest BCUT2D eigenvalue weighted by Crippen LogP contribution is 2.23. The molecular weight excluding hydrogens is 298 g/mol. The Morgan fingerprint density at radius 2 is 2.30 bits per heavy atom. The minimum absolute atomic E-state index is 0.166. The first-order chi connectivity index (χ1) is 9.54. The van der Waals surface area contributed by atoms with Crippen molar-refractivity contribution < 1.29 is 9.53 Å². The molecule has 0 saturated heterocycles. The number of nitrogens with zero attached hydrogens (tertiary/aromatic N) is 2. The molecule has 2 rings (SSSR count). The van der Waals surface area contributed by atoms with E-state index in [1.165, 1.54) is 10.9 Å². The third kappa shape index (κ3) is 2.81. The minimum atomic E-state index is -0.433. The highest BCUT2D eigenvalue weighted by Gasteiger charge is 2.15. The number of carbonyl (C=O) groups excluding carboxylic acids is 1. The van der Waals surface area contributed by atoms with Crippen LogP contribution in [0.1, 0.15) is 22.8 Å². The van der Waals surface area contributed by atoms with E-state index in [2.05, 4.69) is 5.10 Å². The molecule has 0 spiro atoms. The summed E-state index contributed by atoms with van der Waals surface area (Å²) in [4.78, 5) is 11.8. The Labute approximate surface area is 126 Å². The van der Waals surface area contributed by atoms with Gasteiger partial charge in [-0.25, -0.2) is 9.48 Å². The van der Waals surface area contributed by atoms with Gasteiger partial charge < -0.3 is 10.5 Å². The van der Waals surface area contributed by atoms with Crippen LogP contribution in [0.15, 0.2) is 30.6 Å². The Bertz CT molecular complexity index is 669. The topological polar surface area (TPSA) is 70.1 Å². The lowest BCUT2D eigenvalue weighted by atomic mass is 10.2. The molecule has 0 radical (unpaired) electrons. The number of aromatic nitrogens is 2. The molecule has 104 valence electrons. The maximum Gasteiger partial charge on any atom is 0.341 e. The number of thiocarbonyl (C=S) groups is 1. The van der Waals surface area contributed by atoms with Crippen LogP contribution in [-0.2, 0) is 4.74 Å². The van der Waals surface area contributed by atoms with Gasteiger partial charge in [0.1, 0.15) is 4.99 Å². The third-order valence-corrected chi connectivity index (χ3v) is 3.10. The van der Waals surface area contributed by atoms with Gasteiger partial charge in [-0.1, -0.05) is 29.9 Å². The molecule has 0 aliphatic heterocycles. The molecule has 0 bridgehead atoms. The zero-order chi connectivity index (χ0) is 14.7. The van der Waals surface area contributed by atoms with Crippen molar-refractivity contribution in [3.63, 3.8) is 0 Å². The largest absolute Gasteiger partial charge is 0.462 e. The minimum Gasteiger partial charge on any atom is -0.462 e. The number of benzene rings is 1. The second-order valence-electron chi connectivity index (χ2n) is 3.89. The van der Waals surface area contributed by atoms with Crippen LogP contribution in [0.3, 0.4) is 0 Å². The molecule has 7 heteroatoms. The van der Waals surface area contributed by atoms with Gasteiger partial charge in [-0.2, -0.15) is 5.10 Å². The number of esters is 1. The zero-order valence-electron chi connectivity index (χ0n) is 10.7. The summed E-state index contributed by atoms with van der Waals surface area (Å²) in [5.74, 6) is -0.433. The van der Waals surface area contributed by atoms with Crippen LogP contribution in [-0.4, -0.2) is 27.3 Å². The summed E-state index contributed by atoms with van der Waals surface area (Å²) >= 11 is 11.1. The van der Waals surface area contributed by atoms with Crippen molar-refractivity contribution in [2.24, 2.45) is 5.73 Å². The Morgan fingerprint density at radius 3 is 2.95 bits per heavy atom. The van der Waals surface area contributed by atoms with E-state index < -0.39 is 5.97 Å². The molecule has 0 aliphatic rings. The first kappa shape index (κ1) is 14.5. The van der Waals surface area contributed by atoms with Crippen molar-refractivity contribution in [1.29, 1.82) is 0 Å². The lowest BCUT2D eigenvalue weighted by Crippen LogP contribution is -2.14. The summed E-state index contributed by atoms with van der Waals surface area (Å²) in [5.41, 5.74) is 7.16. The van der Waals surface area contributed by atoms with Gasteiger partial charge in [0.15, 0.2) is 0 Å². The zero-order valence-corrected chi connectivity index (χ0v) is 12.2. The molecule has 2 N–H and O–H groups in total. The number of halogens is 1. The summed E-state index contributed by atoms with van der Waals surface area (Å²) < 4.78 is 6.40. The second kappa shape index (κ2) is 6.02. The van der Waals surface area contributed by atoms with Crippen molar-refractivity contribution in [2.75, 3.05) is 6.61 Å². The fourth-order valence-electron chi connectivity index (χ4n) is 1.72. The fourth-order valence-corrected chi connectivity index (χ4v) is 2.26. The Kier molecular flexibility index (Phi) is 4.36. The van der Waals surface area contributed by atoms with Crippen molar-refractivity contribution in [3.05, 3.63) is 46.7 Å². The molecule has 0 fully saturated rings. The van der Waals surface area contributed by atoms with Crippen LogP contribution in [0.25, 0.3) is 5.69 Å². The van der Waals surface area contributed by atoms with Gasteiger partial charge in [-0.05, 0) is 19.1 Å². The molecule has 20 heavy (non-hydrogen) atoms. The van der Waals surface area contributed by atoms with E-state index in [4.69, 9.17) is 34.3 Å². The number of hydrogen-bond acceptors (Lipinski definition) is 4. The van der Waals surface area contributed by atoms with Gasteiger partial charge in [0.25, 0.3) is 0 Å². The van der Waals surface area contributed by atoms with Crippen LogP contribution in [0.4, 0.5) is 0 Å². The van der Waals surface area contributed by atoms with E-state index in [1.807, 2.05) is 0 Å². The van der Waals surface area contributed by atoms with Crippen molar-refractivity contribution in [1.82, 2.24) is 9.78 Å². The Balaban J connectivity index is 2.45. The van der Waals surface area contributed by atoms with E-state index in [0.717, 1.165) is 0 Å². The van der Waals surface area contributed by atoms with Crippen molar-refractivity contribution in [2.45, 2.75) is 6.92 Å². The number of hydrogen-bond donors (Lipinski definition) is 1. The summed E-state index contributed by atoms with van der Waals surface area (Å²) in [5, 5.41) is 4.55. The van der Waals surface area contributed by atoms with E-state index >= 15 is 0 Å². The lowest BCUT2D eigenvalue weighted by Gasteiger charge is -2.09. The normalized spacial score (nSPS) is 10.3. The van der Waals surface area contributed by atoms with Crippen LogP contribution in [0.5, 0.6) is 0 Å². The molecule has 0 amide bonds. The average Bonchev–Trinajstić information content (AvgIpc) is 2.87. The highest BCUT2D eigenvalue weighted by atomic mass is 35.5. The smallest absolute Gasteiger partial charge is 0.341 e. The predicted octanol–water partition coefficient (Wildman–Crippen LogP) is 2.34. The molecule has 0 atom stereocenters. The third-order valence-electron chi connectivity index (χ3n) is 2.58. The molecule has 0 saturated carbocycles. The molecule has 1 aromatic carbocycles. The maximum absolute atomic E-state index is 11.6. The van der Waals surface area contributed by atoms with E-state index in [0.29, 0.717) is 28.4 Å². The maximum atomic E-state index is 11.6. The SMILES string of the molecule is CCOC(=O)c1cnn(-c2cccc(Cl)c2C(N)=S)c1. The number of rotatable bonds is 4. The Hall–Kier alpha value is -1.92. The van der Waals surface area contributed by atoms with Crippen LogP contribution in [0, 0.1) is 0 Å². The summed E-state index contributed by atoms with van der Waals surface area (Å²) in [6.45, 7) is 2.05. The van der Waals surface area contributed by atoms with E-state index in [9.17, 15) is 4.79 Å². The highest BCUT2D eigenvalue weighted by molar-refractivity contribution is 7.80. The summed E-state index contributed by atoms with van der Waals surface area (Å²) in [7, 11) is 0. The Morgan fingerprint density at radius 1 is 1.55 bits per heavy atom. The number of nitrogens with two attached hydrogens (primary N) is 1. The van der Waals surface area contributed by atoms with Crippen molar-refractivity contribution >= 4 is 34.8 Å². The molecular formula is C13H12ClN3O2S. The van der Waals surface area contributed by atoms with Gasteiger partial charge in [0.05, 0.1) is 34.6 Å². The van der Waals surface area contributed by atoms with Gasteiger partial charge in [0, 0.05) is 6.20 Å². The van der Waals surface area contributed by atoms with Crippen LogP contribution in [0.2, 0.25) is 5.02 Å². The monoisotopic (exact) mass is 309 g/mol. The van der Waals surface area contributed by atoms with E-state index in [1.54, 1.807) is 31.3 Å². The second-order valence-corrected chi connectivity index (χ2v) is 4.74. The fraction of sp³-hybridized carbons (Fsp3) is 0.154. The van der Waals surface area contributed by atoms with Gasteiger partial charge in [-0.15, -0.1) is 0 Å². The molecule has 2 aromatic rings. The summed E-state index contributed by atoms with van der Waals surface area (Å²) in [6, 6.07) is 5.21. The average molecular weight is 310 g/mol. The van der Waals surface area contributed by atoms with Gasteiger partial charge >= 0.3 is 5.97 Å². The molecule has 1 heterocycles. The quantitative estimate of drug-likeness (QED) is 0.693. The van der Waals surface area contributed by atoms with E-state index in [-0.39, 0.29) is 4.99 Å². The van der Waals surface area contributed by atoms with Crippen LogP contribution >= 0.6 is 23.8 Å². The van der Waals surface area contributed by atoms with Crippen LogP contribution < -0.4 is 5.73 Å². The van der Waals surface area contributed by atoms with Gasteiger partial charge in [-0.3, -0.25) is 0 Å². The molecule has 0 aliphatic carbocycles. The summed E-state index contributed by atoms with van der Waals surface area (Å²) in [6.07, 6.45) is 2.97. The molecule has 1 aromatic heterocycles. The molecule has 5 nitrogen and oxygen atoms in total. The first-order valence-electron chi connectivity index (χ1n) is 5.85.